The zero-order chi connectivity index (χ0) is 13.9. The summed E-state index contributed by atoms with van der Waals surface area (Å²) in [6, 6.07) is 0. The Kier molecular flexibility index (Phi) is 8.61. The van der Waals surface area contributed by atoms with Crippen LogP contribution in [0.5, 0.6) is 0 Å². The Bertz CT molecular complexity index is 262. The van der Waals surface area contributed by atoms with E-state index in [0.717, 1.165) is 18.8 Å². The van der Waals surface area contributed by atoms with Gasteiger partial charge in [-0.3, -0.25) is 0 Å². The number of esters is 1. The van der Waals surface area contributed by atoms with E-state index in [2.05, 4.69) is 6.58 Å². The van der Waals surface area contributed by atoms with Crippen molar-refractivity contribution in [2.45, 2.75) is 77.6 Å². The second-order valence-electron chi connectivity index (χ2n) is 5.78. The van der Waals surface area contributed by atoms with Crippen LogP contribution < -0.4 is 0 Å². The van der Waals surface area contributed by atoms with E-state index >= 15 is 0 Å². The van der Waals surface area contributed by atoms with Crippen LogP contribution in [0.15, 0.2) is 12.2 Å². The predicted molar refractivity (Wildman–Crippen MR) is 80.1 cm³/mol. The Labute approximate surface area is 118 Å². The Morgan fingerprint density at radius 2 is 1.79 bits per heavy atom. The van der Waals surface area contributed by atoms with Crippen LogP contribution in [-0.4, -0.2) is 12.6 Å². The Morgan fingerprint density at radius 3 is 2.42 bits per heavy atom. The van der Waals surface area contributed by atoms with Crippen molar-refractivity contribution in [1.82, 2.24) is 0 Å². The fourth-order valence-electron chi connectivity index (χ4n) is 2.94. The normalized spacial score (nSPS) is 16.9. The van der Waals surface area contributed by atoms with Crippen LogP contribution in [-0.2, 0) is 9.53 Å². The second-order valence-corrected chi connectivity index (χ2v) is 5.78. The van der Waals surface area contributed by atoms with Crippen LogP contribution in [0.25, 0.3) is 0 Å². The predicted octanol–water partition coefficient (Wildman–Crippen LogP) is 5.03. The van der Waals surface area contributed by atoms with E-state index < -0.39 is 0 Å². The van der Waals surface area contributed by atoms with Gasteiger partial charge in [-0.05, 0) is 25.7 Å². The molecule has 0 spiro atoms. The second kappa shape index (κ2) is 10.1. The average Bonchev–Trinajstić information content (AvgIpc) is 2.67. The van der Waals surface area contributed by atoms with Gasteiger partial charge in [0.1, 0.15) is 0 Å². The van der Waals surface area contributed by atoms with Crippen LogP contribution in [0.3, 0.4) is 0 Å². The molecule has 0 atom stereocenters. The molecule has 1 aliphatic carbocycles. The Morgan fingerprint density at radius 1 is 1.11 bits per heavy atom. The summed E-state index contributed by atoms with van der Waals surface area (Å²) < 4.78 is 4.93. The third-order valence-corrected chi connectivity index (χ3v) is 4.13. The van der Waals surface area contributed by atoms with Crippen molar-refractivity contribution in [3.05, 3.63) is 12.2 Å². The van der Waals surface area contributed by atoms with Gasteiger partial charge in [-0.1, -0.05) is 64.4 Å². The van der Waals surface area contributed by atoms with Gasteiger partial charge in [0.2, 0.25) is 0 Å². The largest absolute Gasteiger partial charge is 0.463 e. The van der Waals surface area contributed by atoms with Crippen molar-refractivity contribution in [3.8, 4) is 0 Å². The minimum atomic E-state index is -0.216. The summed E-state index contributed by atoms with van der Waals surface area (Å²) in [6.45, 7) is 6.07. The van der Waals surface area contributed by atoms with Gasteiger partial charge in [0, 0.05) is 5.57 Å². The standard InChI is InChI=1S/C17H30O2/c1-3-19-17(18)15(2)11-7-6-10-14-16-12-8-4-5-9-13-16/h16H,2-14H2,1H3. The van der Waals surface area contributed by atoms with Crippen LogP contribution in [0.2, 0.25) is 0 Å². The highest BCUT2D eigenvalue weighted by molar-refractivity contribution is 5.87. The maximum atomic E-state index is 11.4. The molecule has 0 bridgehead atoms. The summed E-state index contributed by atoms with van der Waals surface area (Å²) in [5, 5.41) is 0. The first-order valence-corrected chi connectivity index (χ1v) is 8.09. The molecule has 0 heterocycles. The molecule has 0 aromatic heterocycles. The van der Waals surface area contributed by atoms with Crippen molar-refractivity contribution in [3.63, 3.8) is 0 Å². The highest BCUT2D eigenvalue weighted by atomic mass is 16.5. The Balaban J connectivity index is 2.01. The van der Waals surface area contributed by atoms with E-state index in [0.29, 0.717) is 12.2 Å². The van der Waals surface area contributed by atoms with Crippen molar-refractivity contribution in [1.29, 1.82) is 0 Å². The van der Waals surface area contributed by atoms with E-state index in [4.69, 9.17) is 4.74 Å². The summed E-state index contributed by atoms with van der Waals surface area (Å²) in [4.78, 5) is 11.4. The fraction of sp³-hybridized carbons (Fsp3) is 0.824. The van der Waals surface area contributed by atoms with E-state index in [1.165, 1.54) is 57.8 Å². The molecule has 1 aliphatic rings. The highest BCUT2D eigenvalue weighted by Gasteiger charge is 2.12. The first kappa shape index (κ1) is 16.3. The molecule has 2 nitrogen and oxygen atoms in total. The van der Waals surface area contributed by atoms with Gasteiger partial charge in [-0.15, -0.1) is 0 Å². The first-order chi connectivity index (χ1) is 9.24. The number of carbonyl (C=O) groups excluding carboxylic acids is 1. The van der Waals surface area contributed by atoms with Gasteiger partial charge in [-0.25, -0.2) is 4.79 Å². The molecule has 0 N–H and O–H groups in total. The van der Waals surface area contributed by atoms with E-state index in [1.54, 1.807) is 0 Å². The van der Waals surface area contributed by atoms with Crippen LogP contribution in [0.4, 0.5) is 0 Å². The van der Waals surface area contributed by atoms with E-state index in [1.807, 2.05) is 6.92 Å². The molecule has 0 radical (unpaired) electrons. The molecule has 0 amide bonds. The molecule has 0 aromatic rings. The zero-order valence-corrected chi connectivity index (χ0v) is 12.6. The molecular weight excluding hydrogens is 236 g/mol. The summed E-state index contributed by atoms with van der Waals surface area (Å²) in [7, 11) is 0. The molecule has 1 saturated carbocycles. The molecule has 1 fully saturated rings. The number of carbonyl (C=O) groups is 1. The molecule has 2 heteroatoms. The van der Waals surface area contributed by atoms with E-state index in [-0.39, 0.29) is 5.97 Å². The van der Waals surface area contributed by atoms with Gasteiger partial charge in [0.05, 0.1) is 6.61 Å². The van der Waals surface area contributed by atoms with E-state index in [9.17, 15) is 4.79 Å². The number of ether oxygens (including phenoxy) is 1. The first-order valence-electron chi connectivity index (χ1n) is 8.09. The summed E-state index contributed by atoms with van der Waals surface area (Å²) in [5.74, 6) is 0.752. The fourth-order valence-corrected chi connectivity index (χ4v) is 2.94. The van der Waals surface area contributed by atoms with Crippen molar-refractivity contribution >= 4 is 5.97 Å². The lowest BCUT2D eigenvalue weighted by Crippen LogP contribution is -2.06. The molecular formula is C17H30O2. The highest BCUT2D eigenvalue weighted by Crippen LogP contribution is 2.27. The molecule has 1 rings (SSSR count). The van der Waals surface area contributed by atoms with Crippen LogP contribution >= 0.6 is 0 Å². The lowest BCUT2D eigenvalue weighted by atomic mass is 9.93. The van der Waals surface area contributed by atoms with Crippen molar-refractivity contribution in [2.75, 3.05) is 6.61 Å². The SMILES string of the molecule is C=C(CCCCCC1CCCCCC1)C(=O)OCC. The summed E-state index contributed by atoms with van der Waals surface area (Å²) in [5.41, 5.74) is 0.635. The van der Waals surface area contributed by atoms with Crippen LogP contribution in [0, 0.1) is 5.92 Å². The Hall–Kier alpha value is -0.790. The third kappa shape index (κ3) is 7.39. The lowest BCUT2D eigenvalue weighted by Gasteiger charge is -2.13. The minimum absolute atomic E-state index is 0.216. The van der Waals surface area contributed by atoms with Gasteiger partial charge in [0.25, 0.3) is 0 Å². The number of unbranched alkanes of at least 4 members (excludes halogenated alkanes) is 2. The smallest absolute Gasteiger partial charge is 0.333 e. The molecule has 0 aromatic carbocycles. The molecule has 110 valence electrons. The van der Waals surface area contributed by atoms with Crippen LogP contribution in [0.1, 0.15) is 77.6 Å². The summed E-state index contributed by atoms with van der Waals surface area (Å²) >= 11 is 0. The zero-order valence-electron chi connectivity index (χ0n) is 12.6. The maximum absolute atomic E-state index is 11.4. The monoisotopic (exact) mass is 266 g/mol. The third-order valence-electron chi connectivity index (χ3n) is 4.13. The number of rotatable bonds is 8. The molecule has 0 aliphatic heterocycles. The van der Waals surface area contributed by atoms with Crippen molar-refractivity contribution < 1.29 is 9.53 Å². The topological polar surface area (TPSA) is 26.3 Å². The van der Waals surface area contributed by atoms with Gasteiger partial charge in [0.15, 0.2) is 0 Å². The van der Waals surface area contributed by atoms with Gasteiger partial charge < -0.3 is 4.74 Å². The number of hydrogen-bond donors (Lipinski definition) is 0. The minimum Gasteiger partial charge on any atom is -0.463 e. The summed E-state index contributed by atoms with van der Waals surface area (Å²) in [6.07, 6.45) is 14.4. The van der Waals surface area contributed by atoms with Gasteiger partial charge >= 0.3 is 5.97 Å². The molecule has 0 saturated heterocycles. The average molecular weight is 266 g/mol. The van der Waals surface area contributed by atoms with Gasteiger partial charge in [-0.2, -0.15) is 0 Å². The van der Waals surface area contributed by atoms with Crippen molar-refractivity contribution in [2.24, 2.45) is 5.92 Å². The molecule has 0 unspecified atom stereocenters. The molecule has 19 heavy (non-hydrogen) atoms. The maximum Gasteiger partial charge on any atom is 0.333 e. The number of hydrogen-bond acceptors (Lipinski definition) is 2. The lowest BCUT2D eigenvalue weighted by molar-refractivity contribution is -0.138. The quantitative estimate of drug-likeness (QED) is 0.267.